The number of unbranched alkanes of at least 4 members (excludes halogenated alkanes) is 1. The van der Waals surface area contributed by atoms with E-state index in [0.717, 1.165) is 0 Å². The summed E-state index contributed by atoms with van der Waals surface area (Å²) < 4.78 is 234. The van der Waals surface area contributed by atoms with E-state index >= 15 is 4.79 Å². The maximum absolute atomic E-state index is 15.4. The highest BCUT2D eigenvalue weighted by Gasteiger charge is 2.58. The molecule has 0 fully saturated rings. The van der Waals surface area contributed by atoms with Crippen LogP contribution in [0, 0.1) is 5.92 Å². The largest absolute Gasteiger partial charge is 0.748 e. The molecule has 10 rings (SSSR count). The van der Waals surface area contributed by atoms with Crippen molar-refractivity contribution in [2.45, 2.75) is 141 Å². The Morgan fingerprint density at radius 3 is 1.11 bits per heavy atom. The van der Waals surface area contributed by atoms with Gasteiger partial charge in [-0.3, -0.25) is 41.1 Å². The molecule has 0 saturated heterocycles. The number of hydrogen-bond acceptors (Lipinski definition) is 26. The van der Waals surface area contributed by atoms with Gasteiger partial charge in [0, 0.05) is 126 Å². The number of esters is 1. The number of amides is 2. The Kier molecular flexibility index (Phi) is 31.3. The summed E-state index contributed by atoms with van der Waals surface area (Å²) in [6.45, 7) is 7.79. The molecule has 36 nitrogen and oxygen atoms in total. The summed E-state index contributed by atoms with van der Waals surface area (Å²) in [5.41, 5.74) is 3.58. The van der Waals surface area contributed by atoms with Crippen LogP contribution in [0.5, 0.6) is 0 Å². The molecule has 4 aromatic carbocycles. The van der Waals surface area contributed by atoms with E-state index < -0.39 is 133 Å². The molecule has 2 amide bonds. The number of benzene rings is 4. The Labute approximate surface area is 703 Å². The first kappa shape index (κ1) is 94.8. The lowest BCUT2D eigenvalue weighted by atomic mass is 9.95. The Morgan fingerprint density at radius 2 is 0.750 bits per heavy atom. The van der Waals surface area contributed by atoms with E-state index in [1.54, 1.807) is 0 Å². The van der Waals surface area contributed by atoms with Crippen molar-refractivity contribution in [2.75, 3.05) is 107 Å². The molecule has 0 spiro atoms. The van der Waals surface area contributed by atoms with Crippen LogP contribution < -0.4 is 21.6 Å². The summed E-state index contributed by atoms with van der Waals surface area (Å²) in [6, 6.07) is 31.5. The molecule has 120 heavy (non-hydrogen) atoms. The number of aliphatic imine (C=N–C) groups is 4. The highest BCUT2D eigenvalue weighted by atomic mass is 32.2. The zero-order valence-electron chi connectivity index (χ0n) is 67.7. The van der Waals surface area contributed by atoms with Gasteiger partial charge in [0.2, 0.25) is 11.8 Å². The van der Waals surface area contributed by atoms with Gasteiger partial charge in [-0.2, -0.15) is 33.7 Å². The lowest BCUT2D eigenvalue weighted by Crippen LogP contribution is -2.70. The number of fused-ring (bicyclic) bond motifs is 14. The summed E-state index contributed by atoms with van der Waals surface area (Å²) in [6.07, 6.45) is 0.678. The van der Waals surface area contributed by atoms with Gasteiger partial charge in [0.1, 0.15) is 22.6 Å². The average Bonchev–Trinajstić information content (AvgIpc) is 1.52. The number of ether oxygens (including phenoxy) is 1. The van der Waals surface area contributed by atoms with Gasteiger partial charge in [0.25, 0.3) is 40.5 Å². The van der Waals surface area contributed by atoms with Crippen LogP contribution in [-0.4, -0.2) is 269 Å². The second-order valence-corrected chi connectivity index (χ2v) is 53.3. The standard InChI is InChI=1S/C75H106N12O24S6Si3/c1-109-66(89)37-15-14-36-65(88)76-38-18-54-118(2,3)110-120(84-71-61-32-10-11-33-62(61)73(84)82-69-59-30-8-9-31-60(59)70(79-69)83-74-64-35-13-12-34-63(64)72(85(74)120)81-68-58-29-7-6-28-57(58)67(78-68)80-71)111-119(4,5)55-19-39-77-75(90)56(26-16-40-86(42-20-48-112(91,92)93,43-21-49-113(94,95)96)44-22-50-114(97,98)99)27-17-41-87(45-23-51-115(100,101)102,46-24-52-116(103,104)105)47-25-53-117(106,107)108/h6-13,28-35,56H,14-27,36-55H2,1-5H3,(H6-2,76,77,88,90,91,92,93,94,95,96,97,98,99,100,101,102,103,104,105,106,107,108). The molecule has 45 heteroatoms. The first-order valence-electron chi connectivity index (χ1n) is 39.9. The van der Waals surface area contributed by atoms with Crippen LogP contribution in [-0.2, 0) is 88.1 Å². The highest BCUT2D eigenvalue weighted by Crippen LogP contribution is 2.46. The molecule has 0 aliphatic carbocycles. The number of methoxy groups -OCH3 is 1. The maximum Gasteiger partial charge on any atom is 0.582 e. The van der Waals surface area contributed by atoms with Crippen LogP contribution >= 0.6 is 0 Å². The molecule has 2 aromatic heterocycles. The zero-order chi connectivity index (χ0) is 87.3. The SMILES string of the molecule is COC(=O)CCCCC(=O)NCCC[Si](C)(C)O[Si]1(O[Si](C)(C)CCCNC(=O)C(CCC[N+](CCCS(=O)(=O)[O-])(CCCS(=O)(=O)O)CCCS(=O)(=O)O)CCC[N+](CCCS(=O)(=O)[O-])(CCCS(=O)(=O)O)CCCS(=O)(=O)O)n2c3c4ccccc4c2N=C2N=C(N=c4c5ccccc5c(n41)=NC1=NC(=N3)c3ccccc31)c1ccccc12. The molecule has 0 saturated carbocycles. The van der Waals surface area contributed by atoms with E-state index in [1.165, 1.54) is 7.11 Å². The van der Waals surface area contributed by atoms with Crippen molar-refractivity contribution in [3.8, 4) is 0 Å². The zero-order valence-corrected chi connectivity index (χ0v) is 75.6. The van der Waals surface area contributed by atoms with Crippen molar-refractivity contribution in [1.29, 1.82) is 0 Å². The number of carbonyl (C=O) groups is 3. The Hall–Kier alpha value is -7.40. The van der Waals surface area contributed by atoms with E-state index in [4.69, 9.17) is 42.9 Å². The number of nitrogens with one attached hydrogen (secondary N) is 2. The van der Waals surface area contributed by atoms with Crippen LogP contribution in [0.25, 0.3) is 21.5 Å². The third-order valence-electron chi connectivity index (χ3n) is 21.9. The molecular formula is C75H106N12O24S6Si3. The molecule has 6 N–H and O–H groups in total. The van der Waals surface area contributed by atoms with Crippen molar-refractivity contribution >= 4 is 161 Å². The Balaban J connectivity index is 1.06. The molecule has 658 valence electrons. The minimum absolute atomic E-state index is 0.000820. The molecule has 4 aliphatic rings. The molecule has 0 radical (unpaired) electrons. The first-order valence-corrected chi connectivity index (χ1v) is 57.5. The summed E-state index contributed by atoms with van der Waals surface area (Å²) >= 11 is 0. The molecular weight excluding hydrogens is 1730 g/mol. The topological polar surface area (TPSA) is 519 Å². The Bertz CT molecular complexity index is 5330. The minimum Gasteiger partial charge on any atom is -0.748 e. The number of hydrogen-bond donors (Lipinski definition) is 6. The third kappa shape index (κ3) is 26.6. The molecule has 4 aliphatic heterocycles. The number of aromatic nitrogens is 2. The Morgan fingerprint density at radius 1 is 0.425 bits per heavy atom. The van der Waals surface area contributed by atoms with Gasteiger partial charge in [-0.15, -0.1) is 0 Å². The van der Waals surface area contributed by atoms with Gasteiger partial charge in [-0.05, 0) is 89.6 Å². The molecule has 6 heterocycles. The van der Waals surface area contributed by atoms with Gasteiger partial charge in [0.15, 0.2) is 40.0 Å². The van der Waals surface area contributed by atoms with E-state index in [0.29, 0.717) is 121 Å². The summed E-state index contributed by atoms with van der Waals surface area (Å²) in [5, 5.41) is 8.84. The van der Waals surface area contributed by atoms with Crippen molar-refractivity contribution < 1.29 is 114 Å². The summed E-state index contributed by atoms with van der Waals surface area (Å²) in [4.78, 5) is 73.7. The quantitative estimate of drug-likeness (QED) is 0.00796. The summed E-state index contributed by atoms with van der Waals surface area (Å²) in [5.74, 6) is -4.62. The van der Waals surface area contributed by atoms with Gasteiger partial charge < -0.3 is 41.7 Å². The van der Waals surface area contributed by atoms with E-state index in [9.17, 15) is 87.4 Å². The number of quaternary nitrogens is 2. The van der Waals surface area contributed by atoms with Crippen molar-refractivity contribution in [3.05, 3.63) is 130 Å². The van der Waals surface area contributed by atoms with Crippen LogP contribution in [0.15, 0.2) is 127 Å². The fourth-order valence-electron chi connectivity index (χ4n) is 16.4. The van der Waals surface area contributed by atoms with Crippen LogP contribution in [0.1, 0.15) is 125 Å². The van der Waals surface area contributed by atoms with E-state index in [2.05, 4.69) is 23.7 Å². The fraction of sp³-hybridized carbons (Fsp3) is 0.533. The number of nitrogens with zero attached hydrogens (tertiary/aromatic N) is 10. The van der Waals surface area contributed by atoms with Gasteiger partial charge >= 0.3 is 14.9 Å². The average molecular weight is 1840 g/mol. The summed E-state index contributed by atoms with van der Waals surface area (Å²) in [7, 11) is -38.4. The predicted octanol–water partition coefficient (Wildman–Crippen LogP) is 6.35. The highest BCUT2D eigenvalue weighted by molar-refractivity contribution is 7.86. The molecule has 6 aromatic rings. The second-order valence-electron chi connectivity index (χ2n) is 32.3. The number of carbonyl (C=O) groups excluding carboxylic acids is 3. The van der Waals surface area contributed by atoms with Gasteiger partial charge in [-0.1, -0.05) is 97.1 Å². The van der Waals surface area contributed by atoms with Gasteiger partial charge in [-0.25, -0.2) is 46.8 Å². The van der Waals surface area contributed by atoms with E-state index in [1.807, 2.05) is 119 Å². The van der Waals surface area contributed by atoms with Crippen LogP contribution in [0.4, 0.5) is 11.6 Å². The lowest BCUT2D eigenvalue weighted by molar-refractivity contribution is -0.928. The van der Waals surface area contributed by atoms with Crippen molar-refractivity contribution in [1.82, 2.24) is 19.1 Å². The molecule has 1 atom stereocenters. The molecule has 1 unspecified atom stereocenters. The smallest absolute Gasteiger partial charge is 0.582 e. The van der Waals surface area contributed by atoms with Crippen molar-refractivity contribution in [2.24, 2.45) is 35.9 Å². The third-order valence-corrected chi connectivity index (χ3v) is 38.3. The number of amidine groups is 4. The van der Waals surface area contributed by atoms with E-state index in [-0.39, 0.29) is 170 Å². The molecule has 6 bridgehead atoms. The normalized spacial score (nSPS) is 15.8. The number of rotatable bonds is 50. The minimum atomic E-state index is -4.90. The predicted molar refractivity (Wildman–Crippen MR) is 457 cm³/mol. The monoisotopic (exact) mass is 1830 g/mol. The maximum atomic E-state index is 15.4. The lowest BCUT2D eigenvalue weighted by Gasteiger charge is -2.43. The van der Waals surface area contributed by atoms with Crippen molar-refractivity contribution in [3.63, 3.8) is 0 Å². The van der Waals surface area contributed by atoms with Gasteiger partial charge in [0.05, 0.1) is 103 Å². The van der Waals surface area contributed by atoms with Crippen LogP contribution in [0.2, 0.25) is 38.3 Å². The second kappa shape index (κ2) is 39.6. The van der Waals surface area contributed by atoms with Crippen LogP contribution in [0.3, 0.4) is 0 Å². The first-order chi connectivity index (χ1) is 56.3. The fourth-order valence-corrected chi connectivity index (χ4v) is 31.9.